The van der Waals surface area contributed by atoms with Gasteiger partial charge in [-0.05, 0) is 61.6 Å². The largest absolute Gasteiger partial charge is 0.493 e. The zero-order valence-corrected chi connectivity index (χ0v) is 17.0. The predicted molar refractivity (Wildman–Crippen MR) is 112 cm³/mol. The van der Waals surface area contributed by atoms with Crippen molar-refractivity contribution < 1.29 is 14.3 Å². The van der Waals surface area contributed by atoms with Crippen molar-refractivity contribution in [3.05, 3.63) is 59.2 Å². The van der Waals surface area contributed by atoms with Gasteiger partial charge in [0, 0.05) is 11.8 Å². The fourth-order valence-corrected chi connectivity index (χ4v) is 2.82. The first-order valence-corrected chi connectivity index (χ1v) is 9.25. The van der Waals surface area contributed by atoms with Gasteiger partial charge in [0.25, 0.3) is 0 Å². The molecule has 1 amide bonds. The number of carbonyl (C=O) groups excluding carboxylic acids is 1. The summed E-state index contributed by atoms with van der Waals surface area (Å²) in [5.74, 6) is 1.51. The molecule has 0 aliphatic rings. The molecular weight excluding hydrogens is 338 g/mol. The third-order valence-electron chi connectivity index (χ3n) is 4.15. The predicted octanol–water partition coefficient (Wildman–Crippen LogP) is 5.57. The molecule has 0 radical (unpaired) electrons. The highest BCUT2D eigenvalue weighted by Crippen LogP contribution is 2.30. The second-order valence-electron chi connectivity index (χ2n) is 7.09. The van der Waals surface area contributed by atoms with Gasteiger partial charge in [-0.2, -0.15) is 0 Å². The summed E-state index contributed by atoms with van der Waals surface area (Å²) >= 11 is 0. The molecule has 0 atom stereocenters. The third kappa shape index (κ3) is 5.61. The van der Waals surface area contributed by atoms with Crippen LogP contribution in [0.4, 0.5) is 5.69 Å². The van der Waals surface area contributed by atoms with Crippen LogP contribution >= 0.6 is 0 Å². The molecule has 0 aromatic heterocycles. The van der Waals surface area contributed by atoms with Crippen molar-refractivity contribution >= 4 is 17.7 Å². The molecule has 0 saturated heterocycles. The van der Waals surface area contributed by atoms with Gasteiger partial charge in [-0.3, -0.25) is 4.79 Å². The maximum absolute atomic E-state index is 12.4. The third-order valence-corrected chi connectivity index (χ3v) is 4.15. The average molecular weight is 367 g/mol. The number of nitrogens with one attached hydrogen (secondary N) is 1. The lowest BCUT2D eigenvalue weighted by atomic mass is 9.98. The molecular formula is C23H29NO3. The summed E-state index contributed by atoms with van der Waals surface area (Å²) in [6, 6.07) is 11.7. The molecule has 0 bridgehead atoms. The quantitative estimate of drug-likeness (QED) is 0.651. The van der Waals surface area contributed by atoms with E-state index in [1.54, 1.807) is 13.2 Å². The maximum atomic E-state index is 12.4. The number of anilines is 1. The Balaban J connectivity index is 2.16. The molecule has 0 fully saturated rings. The lowest BCUT2D eigenvalue weighted by molar-refractivity contribution is -0.111. The summed E-state index contributed by atoms with van der Waals surface area (Å²) < 4.78 is 11.1. The summed E-state index contributed by atoms with van der Waals surface area (Å²) in [6.07, 6.45) is 3.37. The highest BCUT2D eigenvalue weighted by Gasteiger charge is 2.11. The van der Waals surface area contributed by atoms with Crippen LogP contribution in [0.2, 0.25) is 0 Å². The van der Waals surface area contributed by atoms with Gasteiger partial charge >= 0.3 is 0 Å². The molecule has 0 heterocycles. The number of rotatable bonds is 7. The minimum absolute atomic E-state index is 0.0651. The summed E-state index contributed by atoms with van der Waals surface area (Å²) in [5, 5.41) is 3.01. The van der Waals surface area contributed by atoms with Crippen LogP contribution in [0.1, 0.15) is 50.3 Å². The zero-order valence-electron chi connectivity index (χ0n) is 17.0. The topological polar surface area (TPSA) is 47.6 Å². The monoisotopic (exact) mass is 367 g/mol. The van der Waals surface area contributed by atoms with Crippen LogP contribution in [0.25, 0.3) is 6.08 Å². The normalized spacial score (nSPS) is 11.3. The van der Waals surface area contributed by atoms with Crippen LogP contribution in [0.5, 0.6) is 11.5 Å². The molecule has 0 aliphatic carbocycles. The molecule has 0 saturated carbocycles. The molecule has 0 spiro atoms. The van der Waals surface area contributed by atoms with E-state index in [2.05, 4.69) is 25.2 Å². The summed E-state index contributed by atoms with van der Waals surface area (Å²) in [5.41, 5.74) is 3.95. The Hall–Kier alpha value is -2.75. The van der Waals surface area contributed by atoms with Crippen LogP contribution in [-0.4, -0.2) is 19.1 Å². The van der Waals surface area contributed by atoms with Crippen molar-refractivity contribution in [3.8, 4) is 11.5 Å². The molecule has 2 aromatic carbocycles. The molecule has 4 heteroatoms. The van der Waals surface area contributed by atoms with Crippen molar-refractivity contribution in [2.45, 2.75) is 46.6 Å². The van der Waals surface area contributed by atoms with Crippen LogP contribution in [0.15, 0.2) is 42.5 Å². The fourth-order valence-electron chi connectivity index (χ4n) is 2.82. The van der Waals surface area contributed by atoms with Gasteiger partial charge in [0.2, 0.25) is 5.91 Å². The lowest BCUT2D eigenvalue weighted by Crippen LogP contribution is -2.11. The second-order valence-corrected chi connectivity index (χ2v) is 7.09. The van der Waals surface area contributed by atoms with Crippen molar-refractivity contribution in [3.63, 3.8) is 0 Å². The van der Waals surface area contributed by atoms with Crippen LogP contribution in [0, 0.1) is 6.92 Å². The maximum Gasteiger partial charge on any atom is 0.248 e. The Morgan fingerprint density at radius 1 is 1.07 bits per heavy atom. The van der Waals surface area contributed by atoms with E-state index in [4.69, 9.17) is 9.47 Å². The Labute approximate surface area is 162 Å². The Morgan fingerprint density at radius 2 is 1.81 bits per heavy atom. The number of methoxy groups -OCH3 is 1. The van der Waals surface area contributed by atoms with Crippen LogP contribution in [-0.2, 0) is 4.79 Å². The smallest absolute Gasteiger partial charge is 0.248 e. The minimum atomic E-state index is -0.160. The van der Waals surface area contributed by atoms with Crippen molar-refractivity contribution in [2.75, 3.05) is 12.4 Å². The van der Waals surface area contributed by atoms with Gasteiger partial charge < -0.3 is 14.8 Å². The lowest BCUT2D eigenvalue weighted by Gasteiger charge is -2.15. The van der Waals surface area contributed by atoms with Gasteiger partial charge in [0.1, 0.15) is 0 Å². The molecule has 27 heavy (non-hydrogen) atoms. The van der Waals surface area contributed by atoms with Gasteiger partial charge in [0.15, 0.2) is 11.5 Å². The van der Waals surface area contributed by atoms with Crippen molar-refractivity contribution in [2.24, 2.45) is 0 Å². The molecule has 4 nitrogen and oxygen atoms in total. The van der Waals surface area contributed by atoms with E-state index in [1.165, 1.54) is 6.08 Å². The van der Waals surface area contributed by atoms with Crippen molar-refractivity contribution in [1.29, 1.82) is 0 Å². The first-order valence-electron chi connectivity index (χ1n) is 9.25. The number of amides is 1. The summed E-state index contributed by atoms with van der Waals surface area (Å²) in [4.78, 5) is 12.4. The Kier molecular flexibility index (Phi) is 7.05. The molecule has 0 unspecified atom stereocenters. The first-order chi connectivity index (χ1) is 12.8. The van der Waals surface area contributed by atoms with E-state index in [-0.39, 0.29) is 12.0 Å². The number of ether oxygens (including phenoxy) is 2. The van der Waals surface area contributed by atoms with Crippen LogP contribution < -0.4 is 14.8 Å². The molecule has 2 aromatic rings. The van der Waals surface area contributed by atoms with E-state index < -0.39 is 0 Å². The average Bonchev–Trinajstić information content (AvgIpc) is 2.61. The van der Waals surface area contributed by atoms with Crippen LogP contribution in [0.3, 0.4) is 0 Å². The summed E-state index contributed by atoms with van der Waals surface area (Å²) in [7, 11) is 1.61. The number of carbonyl (C=O) groups is 1. The zero-order chi connectivity index (χ0) is 20.0. The van der Waals surface area contributed by atoms with Gasteiger partial charge in [-0.1, -0.05) is 38.1 Å². The van der Waals surface area contributed by atoms with E-state index >= 15 is 0 Å². The van der Waals surface area contributed by atoms with Crippen molar-refractivity contribution in [1.82, 2.24) is 0 Å². The van der Waals surface area contributed by atoms with E-state index in [0.29, 0.717) is 17.4 Å². The highest BCUT2D eigenvalue weighted by molar-refractivity contribution is 6.02. The minimum Gasteiger partial charge on any atom is -0.493 e. The number of hydrogen-bond donors (Lipinski definition) is 1. The van der Waals surface area contributed by atoms with E-state index in [0.717, 1.165) is 22.4 Å². The number of para-hydroxylation sites is 1. The standard InChI is InChI=1S/C23H29NO3/c1-15(2)19-9-7-8-17(5)23(19)24-22(25)13-11-18-10-12-20(27-16(3)4)21(14-18)26-6/h7-16H,1-6H3,(H,24,25)/b13-11+. The van der Waals surface area contributed by atoms with Gasteiger partial charge in [-0.15, -0.1) is 0 Å². The number of aryl methyl sites for hydroxylation is 1. The number of hydrogen-bond acceptors (Lipinski definition) is 3. The fraction of sp³-hybridized carbons (Fsp3) is 0.348. The SMILES string of the molecule is COc1cc(/C=C/C(=O)Nc2c(C)cccc2C(C)C)ccc1OC(C)C. The first kappa shape index (κ1) is 20.6. The molecule has 144 valence electrons. The Bertz CT molecular complexity index is 822. The molecule has 0 aliphatic heterocycles. The Morgan fingerprint density at radius 3 is 2.44 bits per heavy atom. The highest BCUT2D eigenvalue weighted by atomic mass is 16.5. The van der Waals surface area contributed by atoms with E-state index in [1.807, 2.05) is 51.1 Å². The van der Waals surface area contributed by atoms with E-state index in [9.17, 15) is 4.79 Å². The van der Waals surface area contributed by atoms with Gasteiger partial charge in [0.05, 0.1) is 13.2 Å². The summed E-state index contributed by atoms with van der Waals surface area (Å²) in [6.45, 7) is 10.2. The molecule has 2 rings (SSSR count). The molecule has 1 N–H and O–H groups in total. The second kappa shape index (κ2) is 9.26. The van der Waals surface area contributed by atoms with Gasteiger partial charge in [-0.25, -0.2) is 0 Å². The number of benzene rings is 2.